The Labute approximate surface area is 159 Å². The summed E-state index contributed by atoms with van der Waals surface area (Å²) in [6.07, 6.45) is 2.48. The van der Waals surface area contributed by atoms with Crippen LogP contribution in [0, 0.1) is 17.2 Å². The zero-order valence-corrected chi connectivity index (χ0v) is 15.2. The minimum absolute atomic E-state index is 0.109. The first-order chi connectivity index (χ1) is 13.1. The molecule has 0 aliphatic carbocycles. The molecule has 138 valence electrons. The Morgan fingerprint density at radius 3 is 2.56 bits per heavy atom. The summed E-state index contributed by atoms with van der Waals surface area (Å²) in [6, 6.07) is 15.6. The number of ketones is 1. The van der Waals surface area contributed by atoms with E-state index in [4.69, 9.17) is 15.7 Å². The predicted octanol–water partition coefficient (Wildman–Crippen LogP) is 3.55. The van der Waals surface area contributed by atoms with Gasteiger partial charge in [-0.05, 0) is 54.9 Å². The van der Waals surface area contributed by atoms with E-state index in [1.165, 1.54) is 0 Å². The summed E-state index contributed by atoms with van der Waals surface area (Å²) in [5.41, 5.74) is 8.66. The van der Waals surface area contributed by atoms with Crippen molar-refractivity contribution in [2.24, 2.45) is 5.92 Å². The predicted molar refractivity (Wildman–Crippen MR) is 104 cm³/mol. The minimum Gasteiger partial charge on any atom is -0.486 e. The Morgan fingerprint density at radius 2 is 1.85 bits per heavy atom. The average molecular weight is 361 g/mol. The van der Waals surface area contributed by atoms with Crippen LogP contribution in [0.5, 0.6) is 5.75 Å². The Morgan fingerprint density at radius 1 is 1.15 bits per heavy atom. The monoisotopic (exact) mass is 361 g/mol. The van der Waals surface area contributed by atoms with Crippen molar-refractivity contribution in [1.82, 2.24) is 5.32 Å². The fraction of sp³-hybridized carbons (Fsp3) is 0.364. The van der Waals surface area contributed by atoms with Crippen LogP contribution < -0.4 is 15.8 Å². The van der Waals surface area contributed by atoms with Gasteiger partial charge in [-0.1, -0.05) is 18.2 Å². The molecule has 1 unspecified atom stereocenters. The summed E-state index contributed by atoms with van der Waals surface area (Å²) in [5.74, 6) is 0.510. The fourth-order valence-electron chi connectivity index (χ4n) is 4.29. The van der Waals surface area contributed by atoms with E-state index in [1.54, 1.807) is 0 Å². The van der Waals surface area contributed by atoms with Gasteiger partial charge in [0.05, 0.1) is 17.6 Å². The highest BCUT2D eigenvalue weighted by Gasteiger charge is 2.49. The van der Waals surface area contributed by atoms with Gasteiger partial charge >= 0.3 is 0 Å². The molecule has 5 heteroatoms. The van der Waals surface area contributed by atoms with Crippen LogP contribution in [-0.4, -0.2) is 24.5 Å². The van der Waals surface area contributed by atoms with Gasteiger partial charge in [0.2, 0.25) is 0 Å². The summed E-state index contributed by atoms with van der Waals surface area (Å²) in [7, 11) is 0. The molecular formula is C22H23N3O2. The highest BCUT2D eigenvalue weighted by molar-refractivity contribution is 6.02. The molecule has 0 amide bonds. The van der Waals surface area contributed by atoms with Crippen LogP contribution in [0.4, 0.5) is 5.69 Å². The maximum Gasteiger partial charge on any atom is 0.173 e. The van der Waals surface area contributed by atoms with Gasteiger partial charge in [0.1, 0.15) is 11.4 Å². The van der Waals surface area contributed by atoms with Crippen LogP contribution >= 0.6 is 0 Å². The van der Waals surface area contributed by atoms with Crippen molar-refractivity contribution in [3.63, 3.8) is 0 Å². The molecule has 1 spiro atoms. The molecule has 1 fully saturated rings. The highest BCUT2D eigenvalue weighted by Crippen LogP contribution is 2.45. The first-order valence-electron chi connectivity index (χ1n) is 9.44. The number of hydrogen-bond acceptors (Lipinski definition) is 5. The highest BCUT2D eigenvalue weighted by atomic mass is 16.5. The molecule has 0 radical (unpaired) electrons. The van der Waals surface area contributed by atoms with Crippen LogP contribution in [-0.2, 0) is 0 Å². The Balaban J connectivity index is 1.73. The number of Topliss-reactive ketones (excluding diaryl/α,β-unsaturated/α-hetero) is 1. The summed E-state index contributed by atoms with van der Waals surface area (Å²) in [6.45, 7) is 1.65. The van der Waals surface area contributed by atoms with E-state index < -0.39 is 5.60 Å². The molecule has 1 atom stereocenters. The van der Waals surface area contributed by atoms with Crippen molar-refractivity contribution >= 4 is 11.5 Å². The third kappa shape index (κ3) is 3.17. The number of rotatable bonds is 3. The second-order valence-corrected chi connectivity index (χ2v) is 7.36. The van der Waals surface area contributed by atoms with Gasteiger partial charge in [0.25, 0.3) is 0 Å². The topological polar surface area (TPSA) is 88.1 Å². The molecule has 2 heterocycles. The molecule has 0 bridgehead atoms. The molecule has 2 aromatic carbocycles. The number of fused-ring (bicyclic) bond motifs is 1. The quantitative estimate of drug-likeness (QED) is 0.816. The van der Waals surface area contributed by atoms with Crippen molar-refractivity contribution in [2.45, 2.75) is 31.3 Å². The van der Waals surface area contributed by atoms with Crippen LogP contribution in [0.25, 0.3) is 11.1 Å². The summed E-state index contributed by atoms with van der Waals surface area (Å²) < 4.78 is 6.53. The van der Waals surface area contributed by atoms with E-state index >= 15 is 0 Å². The average Bonchev–Trinajstić information content (AvgIpc) is 2.69. The number of carbonyl (C=O) groups is 1. The lowest BCUT2D eigenvalue weighted by Gasteiger charge is -2.46. The molecule has 27 heavy (non-hydrogen) atoms. The Hall–Kier alpha value is -2.84. The molecular weight excluding hydrogens is 338 g/mol. The zero-order chi connectivity index (χ0) is 18.9. The van der Waals surface area contributed by atoms with Crippen LogP contribution in [0.1, 0.15) is 36.0 Å². The molecule has 4 rings (SSSR count). The lowest BCUT2D eigenvalue weighted by atomic mass is 9.72. The molecule has 3 N–H and O–H groups in total. The van der Waals surface area contributed by atoms with Crippen molar-refractivity contribution in [3.8, 4) is 22.9 Å². The molecule has 0 saturated carbocycles. The van der Waals surface area contributed by atoms with Gasteiger partial charge in [0.15, 0.2) is 5.78 Å². The second kappa shape index (κ2) is 7.05. The number of carbonyl (C=O) groups excluding carboxylic acids is 1. The number of anilines is 1. The summed E-state index contributed by atoms with van der Waals surface area (Å²) in [4.78, 5) is 13.3. The van der Waals surface area contributed by atoms with Crippen molar-refractivity contribution in [3.05, 3.63) is 48.0 Å². The molecule has 5 nitrogen and oxygen atoms in total. The fourth-order valence-corrected chi connectivity index (χ4v) is 4.29. The van der Waals surface area contributed by atoms with Gasteiger partial charge in [-0.15, -0.1) is 0 Å². The van der Waals surface area contributed by atoms with Gasteiger partial charge in [-0.2, -0.15) is 5.26 Å². The van der Waals surface area contributed by atoms with Crippen LogP contribution in [0.3, 0.4) is 0 Å². The Bertz CT molecular complexity index is 893. The number of nitrogens with zero attached hydrogens (tertiary/aromatic N) is 1. The Kier molecular flexibility index (Phi) is 4.59. The van der Waals surface area contributed by atoms with Gasteiger partial charge in [-0.25, -0.2) is 0 Å². The number of nitriles is 1. The van der Waals surface area contributed by atoms with Gasteiger partial charge in [-0.3, -0.25) is 4.79 Å². The summed E-state index contributed by atoms with van der Waals surface area (Å²) >= 11 is 0. The molecule has 2 aliphatic rings. The van der Waals surface area contributed by atoms with E-state index in [-0.39, 0.29) is 11.7 Å². The van der Waals surface area contributed by atoms with E-state index in [2.05, 4.69) is 11.4 Å². The molecule has 2 aliphatic heterocycles. The minimum atomic E-state index is -0.508. The number of piperidine rings is 1. The number of nitrogens with one attached hydrogen (secondary N) is 1. The maximum absolute atomic E-state index is 13.3. The third-order valence-electron chi connectivity index (χ3n) is 5.75. The lowest BCUT2D eigenvalue weighted by molar-refractivity contribution is -0.0229. The SMILES string of the molecule is N#CCCC1C(=O)c2ccc(-c3ccc(N)cc3)cc2OC12CCNCC2. The second-order valence-electron chi connectivity index (χ2n) is 7.36. The molecule has 2 aromatic rings. The summed E-state index contributed by atoms with van der Waals surface area (Å²) in [5, 5.41) is 12.4. The van der Waals surface area contributed by atoms with Crippen LogP contribution in [0.2, 0.25) is 0 Å². The number of ether oxygens (including phenoxy) is 1. The number of nitrogens with two attached hydrogens (primary N) is 1. The smallest absolute Gasteiger partial charge is 0.173 e. The normalized spacial score (nSPS) is 20.6. The molecule has 0 aromatic heterocycles. The van der Waals surface area contributed by atoms with Crippen molar-refractivity contribution in [2.75, 3.05) is 18.8 Å². The number of nitrogen functional groups attached to an aromatic ring is 1. The van der Waals surface area contributed by atoms with E-state index in [1.807, 2.05) is 42.5 Å². The van der Waals surface area contributed by atoms with Gasteiger partial charge < -0.3 is 15.8 Å². The van der Waals surface area contributed by atoms with Crippen LogP contribution in [0.15, 0.2) is 42.5 Å². The third-order valence-corrected chi connectivity index (χ3v) is 5.75. The standard InChI is InChI=1S/C22H23N3O2/c23-11-1-2-19-21(26)18-8-5-16(15-3-6-17(24)7-4-15)14-20(18)27-22(19)9-12-25-13-10-22/h3-8,14,19,25H,1-2,9-10,12-13,24H2. The van der Waals surface area contributed by atoms with Crippen molar-refractivity contribution in [1.29, 1.82) is 5.26 Å². The van der Waals surface area contributed by atoms with Crippen molar-refractivity contribution < 1.29 is 9.53 Å². The first-order valence-corrected chi connectivity index (χ1v) is 9.44. The van der Waals surface area contributed by atoms with E-state index in [0.717, 1.165) is 42.7 Å². The maximum atomic E-state index is 13.3. The first kappa shape index (κ1) is 17.6. The van der Waals surface area contributed by atoms with E-state index in [0.29, 0.717) is 24.2 Å². The largest absolute Gasteiger partial charge is 0.486 e. The lowest BCUT2D eigenvalue weighted by Crippen LogP contribution is -2.56. The van der Waals surface area contributed by atoms with E-state index in [9.17, 15) is 4.79 Å². The zero-order valence-electron chi connectivity index (χ0n) is 15.2. The van der Waals surface area contributed by atoms with Gasteiger partial charge in [0, 0.05) is 24.9 Å². The number of benzene rings is 2. The number of hydrogen-bond donors (Lipinski definition) is 2. The molecule has 1 saturated heterocycles.